The zero-order valence-corrected chi connectivity index (χ0v) is 9.96. The van der Waals surface area contributed by atoms with Gasteiger partial charge in [0, 0.05) is 26.1 Å². The Morgan fingerprint density at radius 1 is 1.56 bits per heavy atom. The van der Waals surface area contributed by atoms with Crippen molar-refractivity contribution in [3.8, 4) is 0 Å². The Hall–Kier alpha value is -1.82. The van der Waals surface area contributed by atoms with Crippen molar-refractivity contribution in [3.63, 3.8) is 0 Å². The minimum Gasteiger partial charge on any atom is -0.459 e. The number of nitrogens with one attached hydrogen (secondary N) is 1. The summed E-state index contributed by atoms with van der Waals surface area (Å²) in [5.41, 5.74) is 0. The smallest absolute Gasteiger partial charge is 0.286 e. The van der Waals surface area contributed by atoms with Crippen LogP contribution in [0, 0.1) is 0 Å². The molecule has 6 nitrogen and oxygen atoms in total. The van der Waals surface area contributed by atoms with E-state index in [0.717, 1.165) is 0 Å². The maximum atomic E-state index is 11.7. The molecule has 1 aromatic heterocycles. The number of aliphatic hydroxyl groups is 1. The van der Waals surface area contributed by atoms with Crippen LogP contribution in [0.5, 0.6) is 0 Å². The van der Waals surface area contributed by atoms with Crippen LogP contribution in [0.3, 0.4) is 0 Å². The van der Waals surface area contributed by atoms with Gasteiger partial charge in [0.25, 0.3) is 5.91 Å². The minimum absolute atomic E-state index is 0.0497. The van der Waals surface area contributed by atoms with Gasteiger partial charge >= 0.3 is 0 Å². The van der Waals surface area contributed by atoms with Gasteiger partial charge in [-0.3, -0.25) is 9.59 Å². The van der Waals surface area contributed by atoms with Gasteiger partial charge in [-0.15, -0.1) is 0 Å². The van der Waals surface area contributed by atoms with Crippen LogP contribution in [0.15, 0.2) is 22.8 Å². The first kappa shape index (κ1) is 12.6. The molecular weight excluding hydrogens is 236 g/mol. The lowest BCUT2D eigenvalue weighted by Crippen LogP contribution is -2.33. The molecule has 2 heterocycles. The van der Waals surface area contributed by atoms with E-state index < -0.39 is 6.10 Å². The number of nitrogens with zero attached hydrogens (tertiary/aromatic N) is 1. The lowest BCUT2D eigenvalue weighted by atomic mass is 10.3. The molecule has 2 N–H and O–H groups in total. The highest BCUT2D eigenvalue weighted by Gasteiger charge is 2.24. The molecule has 98 valence electrons. The number of likely N-dealkylation sites (tertiary alicyclic amines) is 1. The van der Waals surface area contributed by atoms with Crippen molar-refractivity contribution in [3.05, 3.63) is 24.2 Å². The molecule has 0 spiro atoms. The van der Waals surface area contributed by atoms with Crippen molar-refractivity contribution in [2.75, 3.05) is 19.6 Å². The highest BCUT2D eigenvalue weighted by Crippen LogP contribution is 2.09. The van der Waals surface area contributed by atoms with Crippen LogP contribution in [0.4, 0.5) is 0 Å². The third kappa shape index (κ3) is 3.10. The van der Waals surface area contributed by atoms with Gasteiger partial charge in [0.1, 0.15) is 0 Å². The van der Waals surface area contributed by atoms with Crippen molar-refractivity contribution >= 4 is 11.8 Å². The summed E-state index contributed by atoms with van der Waals surface area (Å²) in [5.74, 6) is -0.139. The molecule has 0 saturated carbocycles. The molecule has 1 fully saturated rings. The van der Waals surface area contributed by atoms with Crippen molar-refractivity contribution in [2.45, 2.75) is 18.9 Å². The van der Waals surface area contributed by atoms with Crippen molar-refractivity contribution in [2.24, 2.45) is 0 Å². The van der Waals surface area contributed by atoms with Gasteiger partial charge in [0.15, 0.2) is 5.76 Å². The first-order valence-corrected chi connectivity index (χ1v) is 5.94. The Kier molecular flexibility index (Phi) is 3.99. The van der Waals surface area contributed by atoms with Gasteiger partial charge in [-0.05, 0) is 18.6 Å². The Morgan fingerprint density at radius 3 is 3.00 bits per heavy atom. The lowest BCUT2D eigenvalue weighted by Gasteiger charge is -2.15. The largest absolute Gasteiger partial charge is 0.459 e. The minimum atomic E-state index is -0.411. The van der Waals surface area contributed by atoms with E-state index in [9.17, 15) is 14.7 Å². The van der Waals surface area contributed by atoms with E-state index in [1.165, 1.54) is 6.26 Å². The second-order valence-electron chi connectivity index (χ2n) is 4.27. The second-order valence-corrected chi connectivity index (χ2v) is 4.27. The molecule has 0 radical (unpaired) electrons. The van der Waals surface area contributed by atoms with Gasteiger partial charge in [-0.25, -0.2) is 0 Å². The molecule has 2 rings (SSSR count). The highest BCUT2D eigenvalue weighted by molar-refractivity contribution is 5.91. The summed E-state index contributed by atoms with van der Waals surface area (Å²) >= 11 is 0. The van der Waals surface area contributed by atoms with Crippen LogP contribution >= 0.6 is 0 Å². The number of furan rings is 1. The Labute approximate surface area is 105 Å². The highest BCUT2D eigenvalue weighted by atomic mass is 16.3. The molecular formula is C12H16N2O4. The summed E-state index contributed by atoms with van der Waals surface area (Å²) in [6.45, 7) is 1.25. The maximum absolute atomic E-state index is 11.7. The molecule has 1 aromatic rings. The van der Waals surface area contributed by atoms with E-state index in [1.54, 1.807) is 17.0 Å². The van der Waals surface area contributed by atoms with Crippen LogP contribution in [-0.2, 0) is 4.79 Å². The molecule has 0 aromatic carbocycles. The van der Waals surface area contributed by atoms with E-state index in [-0.39, 0.29) is 30.5 Å². The predicted molar refractivity (Wildman–Crippen MR) is 62.9 cm³/mol. The number of rotatable bonds is 4. The number of hydrogen-bond donors (Lipinski definition) is 2. The SMILES string of the molecule is O=C(NCCC(=O)N1CCC(O)C1)c1ccco1. The molecule has 6 heteroatoms. The first-order chi connectivity index (χ1) is 8.66. The summed E-state index contributed by atoms with van der Waals surface area (Å²) in [4.78, 5) is 24.8. The van der Waals surface area contributed by atoms with E-state index in [0.29, 0.717) is 19.5 Å². The number of aliphatic hydroxyl groups excluding tert-OH is 1. The molecule has 1 aliphatic heterocycles. The van der Waals surface area contributed by atoms with Crippen LogP contribution in [0.1, 0.15) is 23.4 Å². The first-order valence-electron chi connectivity index (χ1n) is 5.94. The topological polar surface area (TPSA) is 82.8 Å². The molecule has 0 aliphatic carbocycles. The average molecular weight is 252 g/mol. The fraction of sp³-hybridized carbons (Fsp3) is 0.500. The average Bonchev–Trinajstić information content (AvgIpc) is 2.99. The fourth-order valence-electron chi connectivity index (χ4n) is 1.90. The summed E-state index contributed by atoms with van der Waals surface area (Å²) < 4.78 is 4.93. The summed E-state index contributed by atoms with van der Waals surface area (Å²) in [6, 6.07) is 3.19. The molecule has 1 aliphatic rings. The third-order valence-corrected chi connectivity index (χ3v) is 2.89. The standard InChI is InChI=1S/C12H16N2O4/c15-9-4-6-14(8-9)11(16)3-5-13-12(17)10-2-1-7-18-10/h1-2,7,9,15H,3-6,8H2,(H,13,17). The molecule has 1 unspecified atom stereocenters. The van der Waals surface area contributed by atoms with Crippen molar-refractivity contribution in [1.82, 2.24) is 10.2 Å². The molecule has 0 bridgehead atoms. The summed E-state index contributed by atoms with van der Waals surface area (Å²) in [5, 5.41) is 11.9. The van der Waals surface area contributed by atoms with Gasteiger partial charge in [-0.1, -0.05) is 0 Å². The fourth-order valence-corrected chi connectivity index (χ4v) is 1.90. The van der Waals surface area contributed by atoms with Crippen LogP contribution < -0.4 is 5.32 Å². The summed E-state index contributed by atoms with van der Waals surface area (Å²) in [7, 11) is 0. The van der Waals surface area contributed by atoms with Gasteiger partial charge in [0.05, 0.1) is 12.4 Å². The summed E-state index contributed by atoms with van der Waals surface area (Å²) in [6.07, 6.45) is 1.88. The van der Waals surface area contributed by atoms with E-state index in [1.807, 2.05) is 0 Å². The molecule has 1 atom stereocenters. The lowest BCUT2D eigenvalue weighted by molar-refractivity contribution is -0.130. The Morgan fingerprint density at radius 2 is 2.39 bits per heavy atom. The van der Waals surface area contributed by atoms with Crippen LogP contribution in [0.25, 0.3) is 0 Å². The molecule has 2 amide bonds. The second kappa shape index (κ2) is 5.68. The number of carbonyl (C=O) groups excluding carboxylic acids is 2. The van der Waals surface area contributed by atoms with Crippen LogP contribution in [-0.4, -0.2) is 47.6 Å². The quantitative estimate of drug-likeness (QED) is 0.789. The molecule has 1 saturated heterocycles. The number of hydrogen-bond acceptors (Lipinski definition) is 4. The number of amides is 2. The van der Waals surface area contributed by atoms with E-state index in [2.05, 4.69) is 5.32 Å². The number of β-amino-alcohol motifs (C(OH)–C–C–N with tert-alkyl or cyclic N) is 1. The zero-order chi connectivity index (χ0) is 13.0. The van der Waals surface area contributed by atoms with Gasteiger partial charge in [0.2, 0.25) is 5.91 Å². The monoisotopic (exact) mass is 252 g/mol. The maximum Gasteiger partial charge on any atom is 0.286 e. The third-order valence-electron chi connectivity index (χ3n) is 2.89. The molecule has 18 heavy (non-hydrogen) atoms. The predicted octanol–water partition coefficient (Wildman–Crippen LogP) is -0.00730. The Bertz CT molecular complexity index is 416. The number of carbonyl (C=O) groups is 2. The van der Waals surface area contributed by atoms with E-state index >= 15 is 0 Å². The van der Waals surface area contributed by atoms with Gasteiger partial charge < -0.3 is 19.7 Å². The zero-order valence-electron chi connectivity index (χ0n) is 9.96. The van der Waals surface area contributed by atoms with Crippen molar-refractivity contribution in [1.29, 1.82) is 0 Å². The van der Waals surface area contributed by atoms with E-state index in [4.69, 9.17) is 4.42 Å². The Balaban J connectivity index is 1.69. The van der Waals surface area contributed by atoms with Crippen molar-refractivity contribution < 1.29 is 19.1 Å². The normalized spacial score (nSPS) is 18.9. The van der Waals surface area contributed by atoms with Gasteiger partial charge in [-0.2, -0.15) is 0 Å². The van der Waals surface area contributed by atoms with Crippen LogP contribution in [0.2, 0.25) is 0 Å².